The second kappa shape index (κ2) is 13.5. The average molecular weight is 681 g/mol. The van der Waals surface area contributed by atoms with Gasteiger partial charge in [0.25, 0.3) is 11.8 Å². The maximum absolute atomic E-state index is 14.0. The van der Waals surface area contributed by atoms with Gasteiger partial charge in [-0.15, -0.1) is 0 Å². The minimum atomic E-state index is -4.87. The van der Waals surface area contributed by atoms with Crippen molar-refractivity contribution in [3.05, 3.63) is 52.5 Å². The molecule has 3 rings (SSSR count). The molecule has 2 aromatic rings. The van der Waals surface area contributed by atoms with Crippen LogP contribution >= 0.6 is 11.6 Å². The van der Waals surface area contributed by atoms with Crippen molar-refractivity contribution >= 4 is 50.6 Å². The summed E-state index contributed by atoms with van der Waals surface area (Å²) in [5.74, 6) is -4.78. The zero-order chi connectivity index (χ0) is 34.0. The number of benzene rings is 2. The third kappa shape index (κ3) is 10.0. The third-order valence-corrected chi connectivity index (χ3v) is 8.57. The molecule has 1 atom stereocenters. The van der Waals surface area contributed by atoms with Gasteiger partial charge in [0.05, 0.1) is 31.6 Å². The third-order valence-electron chi connectivity index (χ3n) is 6.58. The molecule has 0 bridgehead atoms. The fourth-order valence-corrected chi connectivity index (χ4v) is 5.92. The Morgan fingerprint density at radius 2 is 1.78 bits per heavy atom. The van der Waals surface area contributed by atoms with Crippen LogP contribution in [0.5, 0.6) is 0 Å². The maximum atomic E-state index is 14.0. The maximum Gasteiger partial charge on any atom is 0.417 e. The molecular weight excluding hydrogens is 647 g/mol. The molecule has 1 aliphatic rings. The van der Waals surface area contributed by atoms with Crippen molar-refractivity contribution in [2.75, 3.05) is 43.2 Å². The number of carbonyl (C=O) groups excluding carboxylic acids is 3. The number of hydrogen-bond acceptors (Lipinski definition) is 6. The highest BCUT2D eigenvalue weighted by Crippen LogP contribution is 2.40. The predicted molar refractivity (Wildman–Crippen MR) is 160 cm³/mol. The SMILES string of the molecule is CN(CC(=O)N=[S@](C)(=O)c1cccc(NC(=O)c2cc(Cl)c(C(F)(F)F)cc2N2CCCC(F)(F)CC2)c1)C(=O)OC(C)(C)C. The van der Waals surface area contributed by atoms with Gasteiger partial charge < -0.3 is 19.9 Å². The molecule has 3 amide bonds. The zero-order valence-electron chi connectivity index (χ0n) is 25.3. The van der Waals surface area contributed by atoms with Gasteiger partial charge in [-0.3, -0.25) is 9.59 Å². The lowest BCUT2D eigenvalue weighted by molar-refractivity contribution is -0.137. The number of rotatable bonds is 6. The lowest BCUT2D eigenvalue weighted by Gasteiger charge is -2.27. The molecule has 1 fully saturated rings. The Morgan fingerprint density at radius 3 is 2.40 bits per heavy atom. The van der Waals surface area contributed by atoms with E-state index in [4.69, 9.17) is 16.3 Å². The van der Waals surface area contributed by atoms with E-state index < -0.39 is 75.3 Å². The number of hydrogen-bond donors (Lipinski definition) is 1. The summed E-state index contributed by atoms with van der Waals surface area (Å²) in [6.07, 6.45) is -5.54. The summed E-state index contributed by atoms with van der Waals surface area (Å²) in [5, 5.41) is 1.76. The number of nitrogens with one attached hydrogen (secondary N) is 1. The van der Waals surface area contributed by atoms with Crippen molar-refractivity contribution in [1.82, 2.24) is 4.90 Å². The monoisotopic (exact) mass is 680 g/mol. The number of ether oxygens (including phenoxy) is 1. The molecule has 0 radical (unpaired) electrons. The number of alkyl halides is 5. The number of carbonyl (C=O) groups is 3. The predicted octanol–water partition coefficient (Wildman–Crippen LogP) is 7.09. The molecule has 1 heterocycles. The smallest absolute Gasteiger partial charge is 0.417 e. The second-order valence-electron chi connectivity index (χ2n) is 11.6. The van der Waals surface area contributed by atoms with E-state index in [9.17, 15) is 40.5 Å². The summed E-state index contributed by atoms with van der Waals surface area (Å²) in [5.41, 5.74) is -2.46. The van der Waals surface area contributed by atoms with E-state index in [-0.39, 0.29) is 41.3 Å². The average Bonchev–Trinajstić information content (AvgIpc) is 3.06. The summed E-state index contributed by atoms with van der Waals surface area (Å²) in [7, 11) is -2.07. The van der Waals surface area contributed by atoms with E-state index >= 15 is 0 Å². The molecule has 45 heavy (non-hydrogen) atoms. The first-order valence-electron chi connectivity index (χ1n) is 13.7. The second-order valence-corrected chi connectivity index (χ2v) is 14.3. The number of halogens is 6. The minimum absolute atomic E-state index is 0.0131. The fourth-order valence-electron chi connectivity index (χ4n) is 4.42. The molecule has 1 N–H and O–H groups in total. The number of likely N-dealkylation sites (N-methyl/N-ethyl adjacent to an activating group) is 1. The molecule has 9 nitrogen and oxygen atoms in total. The lowest BCUT2D eigenvalue weighted by Crippen LogP contribution is -2.37. The van der Waals surface area contributed by atoms with E-state index in [1.165, 1.54) is 42.5 Å². The van der Waals surface area contributed by atoms with Gasteiger partial charge >= 0.3 is 12.3 Å². The molecule has 1 aliphatic heterocycles. The number of anilines is 2. The zero-order valence-corrected chi connectivity index (χ0v) is 26.8. The van der Waals surface area contributed by atoms with Crippen LogP contribution < -0.4 is 10.2 Å². The largest absolute Gasteiger partial charge is 0.444 e. The van der Waals surface area contributed by atoms with Gasteiger partial charge in [0.1, 0.15) is 12.1 Å². The molecule has 16 heteroatoms. The summed E-state index contributed by atoms with van der Waals surface area (Å²) in [6, 6.07) is 7.00. The van der Waals surface area contributed by atoms with Crippen molar-refractivity contribution in [2.24, 2.45) is 4.36 Å². The molecular formula is C29H34ClF5N4O5S. The summed E-state index contributed by atoms with van der Waals surface area (Å²) in [4.78, 5) is 40.4. The molecule has 0 spiro atoms. The molecule has 0 aromatic heterocycles. The summed E-state index contributed by atoms with van der Waals surface area (Å²) < 4.78 is 91.4. The van der Waals surface area contributed by atoms with Crippen molar-refractivity contribution in [2.45, 2.75) is 62.6 Å². The van der Waals surface area contributed by atoms with Gasteiger partial charge in [0, 0.05) is 49.8 Å². The van der Waals surface area contributed by atoms with E-state index in [2.05, 4.69) is 9.68 Å². The highest BCUT2D eigenvalue weighted by molar-refractivity contribution is 7.93. The summed E-state index contributed by atoms with van der Waals surface area (Å²) >= 11 is 5.92. The van der Waals surface area contributed by atoms with Gasteiger partial charge in [-0.2, -0.15) is 17.5 Å². The van der Waals surface area contributed by atoms with Crippen LogP contribution in [-0.2, 0) is 25.4 Å². The van der Waals surface area contributed by atoms with Crippen molar-refractivity contribution in [3.8, 4) is 0 Å². The Kier molecular flexibility index (Phi) is 10.8. The molecule has 1 saturated heterocycles. The standard InChI is InChI=1S/C29H34ClF5N4O5S/c1-27(2,3)44-26(42)38(4)17-24(40)37-45(5,43)19-9-6-8-18(14-19)36-25(41)20-15-22(30)21(29(33,34)35)16-23(20)39-12-7-10-28(31,32)11-13-39/h6,8-9,14-16H,7,10-13,17H2,1-5H3,(H,36,41)/t45-/m1/s1. The molecule has 2 aromatic carbocycles. The highest BCUT2D eigenvalue weighted by atomic mass is 35.5. The number of nitrogens with zero attached hydrogens (tertiary/aromatic N) is 3. The first-order chi connectivity index (χ1) is 20.6. The van der Waals surface area contributed by atoms with Gasteiger partial charge in [-0.1, -0.05) is 17.7 Å². The minimum Gasteiger partial charge on any atom is -0.444 e. The Morgan fingerprint density at radius 1 is 1.11 bits per heavy atom. The molecule has 0 saturated carbocycles. The van der Waals surface area contributed by atoms with Crippen LogP contribution in [0.2, 0.25) is 5.02 Å². The fraction of sp³-hybridized carbons (Fsp3) is 0.483. The van der Waals surface area contributed by atoms with Crippen LogP contribution in [0, 0.1) is 0 Å². The number of amides is 3. The Labute approximate surface area is 263 Å². The Hall–Kier alpha value is -3.46. The quantitative estimate of drug-likeness (QED) is 0.327. The van der Waals surface area contributed by atoms with E-state index in [1.54, 1.807) is 20.8 Å². The van der Waals surface area contributed by atoms with Gasteiger partial charge in [-0.05, 0) is 57.5 Å². The highest BCUT2D eigenvalue weighted by Gasteiger charge is 2.37. The van der Waals surface area contributed by atoms with Gasteiger partial charge in [-0.25, -0.2) is 17.8 Å². The Balaban J connectivity index is 1.89. The van der Waals surface area contributed by atoms with Gasteiger partial charge in [0.2, 0.25) is 5.92 Å². The van der Waals surface area contributed by atoms with Crippen LogP contribution in [0.25, 0.3) is 0 Å². The Bertz CT molecular complexity index is 1590. The van der Waals surface area contributed by atoms with E-state index in [0.717, 1.165) is 11.0 Å². The lowest BCUT2D eigenvalue weighted by atomic mass is 10.1. The van der Waals surface area contributed by atoms with Crippen LogP contribution in [0.3, 0.4) is 0 Å². The van der Waals surface area contributed by atoms with Crippen LogP contribution in [0.1, 0.15) is 56.0 Å². The van der Waals surface area contributed by atoms with Crippen LogP contribution in [0.15, 0.2) is 45.7 Å². The van der Waals surface area contributed by atoms with Gasteiger partial charge in [0.15, 0.2) is 0 Å². The van der Waals surface area contributed by atoms with Crippen molar-refractivity contribution in [3.63, 3.8) is 0 Å². The van der Waals surface area contributed by atoms with Crippen LogP contribution in [-0.4, -0.2) is 71.5 Å². The van der Waals surface area contributed by atoms with Crippen LogP contribution in [0.4, 0.5) is 38.1 Å². The summed E-state index contributed by atoms with van der Waals surface area (Å²) in [6.45, 7) is 4.13. The van der Waals surface area contributed by atoms with E-state index in [1.807, 2.05) is 0 Å². The molecule has 248 valence electrons. The van der Waals surface area contributed by atoms with E-state index in [0.29, 0.717) is 6.07 Å². The normalized spacial score (nSPS) is 16.6. The van der Waals surface area contributed by atoms with Crippen molar-refractivity contribution < 1.29 is 45.3 Å². The first kappa shape index (κ1) is 36.0. The molecule has 0 unspecified atom stereocenters. The van der Waals surface area contributed by atoms with Crippen molar-refractivity contribution in [1.29, 1.82) is 0 Å². The topological polar surface area (TPSA) is 108 Å². The first-order valence-corrected chi connectivity index (χ1v) is 16.0. The molecule has 0 aliphatic carbocycles.